The van der Waals surface area contributed by atoms with Crippen molar-refractivity contribution in [2.75, 3.05) is 6.61 Å². The van der Waals surface area contributed by atoms with Gasteiger partial charge < -0.3 is 10.5 Å². The predicted molar refractivity (Wildman–Crippen MR) is 93.5 cm³/mol. The van der Waals surface area contributed by atoms with Crippen molar-refractivity contribution in [2.45, 2.75) is 32.2 Å². The molecular weight excluding hydrogens is 300 g/mol. The van der Waals surface area contributed by atoms with Crippen molar-refractivity contribution >= 4 is 6.02 Å². The zero-order valence-electron chi connectivity index (χ0n) is 14.2. The molecule has 0 amide bonds. The van der Waals surface area contributed by atoms with Crippen LogP contribution in [0, 0.1) is 11.8 Å². The predicted octanol–water partition coefficient (Wildman–Crippen LogP) is 3.07. The Hall–Kier alpha value is -2.43. The van der Waals surface area contributed by atoms with E-state index in [0.717, 1.165) is 11.1 Å². The zero-order valence-corrected chi connectivity index (χ0v) is 14.2. The van der Waals surface area contributed by atoms with Gasteiger partial charge in [-0.2, -0.15) is 0 Å². The van der Waals surface area contributed by atoms with Crippen molar-refractivity contribution in [3.05, 3.63) is 48.0 Å². The van der Waals surface area contributed by atoms with Gasteiger partial charge in [-0.25, -0.2) is 15.0 Å². The van der Waals surface area contributed by atoms with E-state index in [1.807, 2.05) is 12.4 Å². The third-order valence-corrected chi connectivity index (χ3v) is 5.98. The van der Waals surface area contributed by atoms with Gasteiger partial charge in [0, 0.05) is 18.0 Å². The van der Waals surface area contributed by atoms with Gasteiger partial charge in [-0.05, 0) is 40.5 Å². The van der Waals surface area contributed by atoms with Gasteiger partial charge in [0.1, 0.15) is 18.5 Å². The molecule has 1 aliphatic heterocycles. The summed E-state index contributed by atoms with van der Waals surface area (Å²) in [6, 6.07) is 6.88. The number of fused-ring (bicyclic) bond motifs is 2. The topological polar surface area (TPSA) is 73.4 Å². The lowest BCUT2D eigenvalue weighted by molar-refractivity contribution is 0.131. The smallest absolute Gasteiger partial charge is 0.283 e. The summed E-state index contributed by atoms with van der Waals surface area (Å²) in [5.74, 6) is 1.32. The van der Waals surface area contributed by atoms with Crippen molar-refractivity contribution in [2.24, 2.45) is 22.6 Å². The van der Waals surface area contributed by atoms with E-state index in [-0.39, 0.29) is 0 Å². The van der Waals surface area contributed by atoms with Crippen LogP contribution in [0.1, 0.15) is 37.8 Å². The van der Waals surface area contributed by atoms with Crippen LogP contribution >= 0.6 is 0 Å². The standard InChI is InChI=1S/C19H22N4O/c1-11-12(2)16-5-4-14(15-7-21-10-22-8-15)6-17(16)19(13(11)3)9-24-18(20)23-19/h4-8,10-13H,9H2,1-3H3,(H2,20,23). The molecule has 0 saturated carbocycles. The first-order chi connectivity index (χ1) is 11.5. The molecule has 24 heavy (non-hydrogen) atoms. The number of rotatable bonds is 1. The largest absolute Gasteiger partial charge is 0.462 e. The molecule has 0 fully saturated rings. The molecule has 2 N–H and O–H groups in total. The summed E-state index contributed by atoms with van der Waals surface area (Å²) in [5.41, 5.74) is 10.2. The first-order valence-corrected chi connectivity index (χ1v) is 8.41. The van der Waals surface area contributed by atoms with Gasteiger partial charge in [0.15, 0.2) is 0 Å². The lowest BCUT2D eigenvalue weighted by Crippen LogP contribution is -2.43. The Morgan fingerprint density at radius 2 is 1.88 bits per heavy atom. The SMILES string of the molecule is CC1c2ccc(-c3cncnc3)cc2C2(COC(N)=N2)C(C)C1C. The summed E-state index contributed by atoms with van der Waals surface area (Å²) >= 11 is 0. The van der Waals surface area contributed by atoms with Crippen LogP contribution < -0.4 is 5.73 Å². The van der Waals surface area contributed by atoms with Gasteiger partial charge >= 0.3 is 0 Å². The second-order valence-electron chi connectivity index (χ2n) is 7.03. The van der Waals surface area contributed by atoms with Gasteiger partial charge in [0.25, 0.3) is 6.02 Å². The summed E-state index contributed by atoms with van der Waals surface area (Å²) in [5, 5.41) is 0. The Morgan fingerprint density at radius 3 is 2.54 bits per heavy atom. The lowest BCUT2D eigenvalue weighted by atomic mass is 9.61. The van der Waals surface area contributed by atoms with Crippen molar-refractivity contribution in [3.63, 3.8) is 0 Å². The number of aromatic nitrogens is 2. The average Bonchev–Trinajstić information content (AvgIpc) is 3.02. The highest BCUT2D eigenvalue weighted by Gasteiger charge is 2.51. The van der Waals surface area contributed by atoms with E-state index in [0.29, 0.717) is 30.4 Å². The molecule has 2 aliphatic rings. The first-order valence-electron chi connectivity index (χ1n) is 8.41. The number of ether oxygens (including phenoxy) is 1. The van der Waals surface area contributed by atoms with Crippen LogP contribution in [0.15, 0.2) is 41.9 Å². The summed E-state index contributed by atoms with van der Waals surface area (Å²) in [7, 11) is 0. The third-order valence-electron chi connectivity index (χ3n) is 5.98. The lowest BCUT2D eigenvalue weighted by Gasteiger charge is -2.44. The van der Waals surface area contributed by atoms with Crippen LogP contribution in [0.3, 0.4) is 0 Å². The maximum atomic E-state index is 5.90. The quantitative estimate of drug-likeness (QED) is 0.875. The molecule has 1 aromatic carbocycles. The Kier molecular flexibility index (Phi) is 3.34. The van der Waals surface area contributed by atoms with Gasteiger partial charge in [0.05, 0.1) is 0 Å². The fraction of sp³-hybridized carbons (Fsp3) is 0.421. The van der Waals surface area contributed by atoms with E-state index in [1.165, 1.54) is 11.1 Å². The highest BCUT2D eigenvalue weighted by Crippen LogP contribution is 2.52. The van der Waals surface area contributed by atoms with Crippen LogP contribution in [-0.2, 0) is 10.3 Å². The maximum absolute atomic E-state index is 5.90. The first kappa shape index (κ1) is 15.1. The molecule has 1 aliphatic carbocycles. The molecule has 5 nitrogen and oxygen atoms in total. The van der Waals surface area contributed by atoms with Crippen molar-refractivity contribution in [1.29, 1.82) is 0 Å². The van der Waals surface area contributed by atoms with E-state index < -0.39 is 5.54 Å². The second-order valence-corrected chi connectivity index (χ2v) is 7.03. The molecule has 1 spiro atoms. The molecular formula is C19H22N4O. The molecule has 2 aromatic rings. The second kappa shape index (κ2) is 5.30. The molecule has 4 unspecified atom stereocenters. The van der Waals surface area contributed by atoms with E-state index in [9.17, 15) is 0 Å². The fourth-order valence-electron chi connectivity index (χ4n) is 4.17. The van der Waals surface area contributed by atoms with Gasteiger partial charge in [-0.15, -0.1) is 0 Å². The Balaban J connectivity index is 1.93. The number of amidine groups is 1. The summed E-state index contributed by atoms with van der Waals surface area (Å²) in [6.07, 6.45) is 5.22. The summed E-state index contributed by atoms with van der Waals surface area (Å²) < 4.78 is 5.61. The third kappa shape index (κ3) is 2.04. The van der Waals surface area contributed by atoms with Gasteiger partial charge in [-0.1, -0.05) is 32.9 Å². The maximum Gasteiger partial charge on any atom is 0.283 e. The molecule has 0 saturated heterocycles. The van der Waals surface area contributed by atoms with Crippen LogP contribution in [-0.4, -0.2) is 22.6 Å². The molecule has 0 bridgehead atoms. The van der Waals surface area contributed by atoms with Crippen molar-refractivity contribution in [1.82, 2.24) is 9.97 Å². The minimum Gasteiger partial charge on any atom is -0.462 e. The highest BCUT2D eigenvalue weighted by molar-refractivity contribution is 5.75. The average molecular weight is 322 g/mol. The van der Waals surface area contributed by atoms with E-state index in [2.05, 4.69) is 48.9 Å². The van der Waals surface area contributed by atoms with Gasteiger partial charge in [0.2, 0.25) is 0 Å². The number of hydrogen-bond acceptors (Lipinski definition) is 5. The molecule has 2 heterocycles. The molecule has 0 radical (unpaired) electrons. The monoisotopic (exact) mass is 322 g/mol. The van der Waals surface area contributed by atoms with Crippen molar-refractivity contribution < 1.29 is 4.74 Å². The normalized spacial score (nSPS) is 31.5. The van der Waals surface area contributed by atoms with Crippen LogP contribution in [0.2, 0.25) is 0 Å². The Morgan fingerprint density at radius 1 is 1.12 bits per heavy atom. The number of aliphatic imine (C=N–C) groups is 1. The van der Waals surface area contributed by atoms with E-state index >= 15 is 0 Å². The summed E-state index contributed by atoms with van der Waals surface area (Å²) in [6.45, 7) is 7.36. The van der Waals surface area contributed by atoms with Crippen LogP contribution in [0.25, 0.3) is 11.1 Å². The highest BCUT2D eigenvalue weighted by atomic mass is 16.5. The number of nitrogens with zero attached hydrogens (tertiary/aromatic N) is 3. The number of hydrogen-bond donors (Lipinski definition) is 1. The Labute approximate surface area is 142 Å². The van der Waals surface area contributed by atoms with Gasteiger partial charge in [-0.3, -0.25) is 0 Å². The number of benzene rings is 1. The van der Waals surface area contributed by atoms with Crippen LogP contribution in [0.5, 0.6) is 0 Å². The van der Waals surface area contributed by atoms with E-state index in [1.54, 1.807) is 6.33 Å². The molecule has 1 aromatic heterocycles. The minimum absolute atomic E-state index is 0.294. The van der Waals surface area contributed by atoms with Crippen LogP contribution in [0.4, 0.5) is 0 Å². The molecule has 5 heteroatoms. The van der Waals surface area contributed by atoms with Crippen molar-refractivity contribution in [3.8, 4) is 11.1 Å². The minimum atomic E-state index is -0.392. The fourth-order valence-corrected chi connectivity index (χ4v) is 4.17. The molecule has 124 valence electrons. The molecule has 4 rings (SSSR count). The van der Waals surface area contributed by atoms with E-state index in [4.69, 9.17) is 15.5 Å². The Bertz CT molecular complexity index is 804. The molecule has 4 atom stereocenters. The zero-order chi connectivity index (χ0) is 16.9. The summed E-state index contributed by atoms with van der Waals surface area (Å²) in [4.78, 5) is 13.0. The number of nitrogens with two attached hydrogens (primary N) is 1.